The number of nitrogens with one attached hydrogen (secondary N) is 1. The van der Waals surface area contributed by atoms with Gasteiger partial charge < -0.3 is 10.1 Å². The van der Waals surface area contributed by atoms with Crippen LogP contribution in [0.25, 0.3) is 0 Å². The van der Waals surface area contributed by atoms with Gasteiger partial charge in [0.1, 0.15) is 5.75 Å². The predicted molar refractivity (Wildman–Crippen MR) is 75.4 cm³/mol. The third-order valence-electron chi connectivity index (χ3n) is 2.86. The minimum Gasteiger partial charge on any atom is -0.406 e. The highest BCUT2D eigenvalue weighted by atomic mass is 19.4. The van der Waals surface area contributed by atoms with Crippen molar-refractivity contribution < 1.29 is 17.9 Å². The van der Waals surface area contributed by atoms with Gasteiger partial charge >= 0.3 is 6.36 Å². The number of alkyl halides is 3. The molecule has 0 saturated heterocycles. The van der Waals surface area contributed by atoms with Crippen LogP contribution in [0.4, 0.5) is 19.1 Å². The van der Waals surface area contributed by atoms with E-state index in [9.17, 15) is 13.2 Å². The Morgan fingerprint density at radius 3 is 2.45 bits per heavy atom. The fraction of sp³-hybridized carbons (Fsp3) is 0.333. The van der Waals surface area contributed by atoms with Crippen LogP contribution in [-0.4, -0.2) is 16.3 Å². The lowest BCUT2D eigenvalue weighted by Crippen LogP contribution is -2.17. The van der Waals surface area contributed by atoms with Gasteiger partial charge in [-0.2, -0.15) is 0 Å². The first-order chi connectivity index (χ1) is 10.3. The summed E-state index contributed by atoms with van der Waals surface area (Å²) in [5.41, 5.74) is 1.42. The van der Waals surface area contributed by atoms with Crippen molar-refractivity contribution in [2.45, 2.75) is 32.7 Å². The molecule has 0 bridgehead atoms. The van der Waals surface area contributed by atoms with Gasteiger partial charge in [-0.25, -0.2) is 9.97 Å². The topological polar surface area (TPSA) is 47.0 Å². The Bertz CT molecular complexity index is 615. The van der Waals surface area contributed by atoms with E-state index in [0.29, 0.717) is 18.1 Å². The summed E-state index contributed by atoms with van der Waals surface area (Å²) >= 11 is 0. The van der Waals surface area contributed by atoms with E-state index < -0.39 is 6.36 Å². The summed E-state index contributed by atoms with van der Waals surface area (Å²) in [6.45, 7) is 4.10. The van der Waals surface area contributed by atoms with E-state index in [2.05, 4.69) is 26.1 Å². The quantitative estimate of drug-likeness (QED) is 0.909. The summed E-state index contributed by atoms with van der Waals surface area (Å²) in [5.74, 6) is 0.239. The number of nitrogens with zero attached hydrogens (tertiary/aromatic N) is 2. The summed E-state index contributed by atoms with van der Waals surface area (Å²) in [6.07, 6.45) is -1.80. The van der Waals surface area contributed by atoms with Crippen LogP contribution in [-0.2, 0) is 6.54 Å². The molecule has 0 aliphatic rings. The van der Waals surface area contributed by atoms with Crippen molar-refractivity contribution in [2.75, 3.05) is 5.32 Å². The molecule has 0 aliphatic carbocycles. The lowest BCUT2D eigenvalue weighted by Gasteiger charge is -2.14. The molecule has 1 aromatic carbocycles. The van der Waals surface area contributed by atoms with E-state index in [-0.39, 0.29) is 11.7 Å². The Balaban J connectivity index is 2.18. The van der Waals surface area contributed by atoms with Gasteiger partial charge in [-0.3, -0.25) is 0 Å². The fourth-order valence-electron chi connectivity index (χ4n) is 1.85. The number of halogens is 3. The highest BCUT2D eigenvalue weighted by Crippen LogP contribution is 2.28. The Hall–Kier alpha value is -2.31. The van der Waals surface area contributed by atoms with Crippen LogP contribution in [0.15, 0.2) is 30.6 Å². The molecule has 22 heavy (non-hydrogen) atoms. The van der Waals surface area contributed by atoms with Gasteiger partial charge in [0.25, 0.3) is 0 Å². The molecule has 0 saturated carbocycles. The number of hydrogen-bond donors (Lipinski definition) is 1. The summed E-state index contributed by atoms with van der Waals surface area (Å²) in [4.78, 5) is 7.89. The number of rotatable bonds is 5. The van der Waals surface area contributed by atoms with Crippen molar-refractivity contribution in [1.29, 1.82) is 0 Å². The molecule has 0 spiro atoms. The summed E-state index contributed by atoms with van der Waals surface area (Å²) in [7, 11) is 0. The smallest absolute Gasteiger partial charge is 0.406 e. The van der Waals surface area contributed by atoms with Crippen molar-refractivity contribution in [1.82, 2.24) is 9.97 Å². The van der Waals surface area contributed by atoms with Crippen LogP contribution in [0.2, 0.25) is 0 Å². The van der Waals surface area contributed by atoms with Gasteiger partial charge in [0.05, 0.1) is 0 Å². The van der Waals surface area contributed by atoms with Gasteiger partial charge in [-0.15, -0.1) is 13.2 Å². The largest absolute Gasteiger partial charge is 0.573 e. The van der Waals surface area contributed by atoms with Crippen LogP contribution in [0.5, 0.6) is 5.75 Å². The number of aromatic nitrogens is 2. The van der Waals surface area contributed by atoms with Crippen LogP contribution in [0.3, 0.4) is 0 Å². The van der Waals surface area contributed by atoms with E-state index >= 15 is 0 Å². The molecule has 0 aliphatic heterocycles. The normalized spacial score (nSPS) is 11.5. The van der Waals surface area contributed by atoms with Gasteiger partial charge in [-0.1, -0.05) is 19.9 Å². The molecule has 0 amide bonds. The minimum absolute atomic E-state index is 0.0816. The standard InChI is InChI=1S/C15H15F3N3O/c1-10(2)12-6-11(7-13(8-12)22-15(16,17)18)9-21-14-19-4-3-5-20-14/h4-8,10H,9H2,1-2H3,(H,19,20,21). The molecule has 0 atom stereocenters. The number of ether oxygens (including phenoxy) is 1. The molecule has 1 radical (unpaired) electrons. The third kappa shape index (κ3) is 4.91. The number of anilines is 1. The van der Waals surface area contributed by atoms with E-state index in [0.717, 1.165) is 5.56 Å². The molecule has 4 nitrogen and oxygen atoms in total. The van der Waals surface area contributed by atoms with Gasteiger partial charge in [0, 0.05) is 25.0 Å². The molecule has 1 heterocycles. The lowest BCUT2D eigenvalue weighted by atomic mass is 10.0. The fourth-order valence-corrected chi connectivity index (χ4v) is 1.85. The predicted octanol–water partition coefficient (Wildman–Crippen LogP) is 3.91. The highest BCUT2D eigenvalue weighted by molar-refractivity contribution is 5.38. The molecular weight excluding hydrogens is 295 g/mol. The molecule has 1 N–H and O–H groups in total. The molecule has 0 fully saturated rings. The summed E-state index contributed by atoms with van der Waals surface area (Å²) < 4.78 is 41.2. The zero-order valence-electron chi connectivity index (χ0n) is 12.1. The summed E-state index contributed by atoms with van der Waals surface area (Å²) in [6, 6.07) is 7.26. The van der Waals surface area contributed by atoms with Crippen molar-refractivity contribution in [3.8, 4) is 5.75 Å². The SMILES string of the molecule is CC(C)c1cc(CNc2nc[c]cn2)cc(OC(F)(F)F)c1. The van der Waals surface area contributed by atoms with Crippen molar-refractivity contribution in [2.24, 2.45) is 0 Å². The first kappa shape index (κ1) is 16.1. The maximum Gasteiger partial charge on any atom is 0.573 e. The molecule has 0 unspecified atom stereocenters. The first-order valence-electron chi connectivity index (χ1n) is 6.65. The zero-order valence-corrected chi connectivity index (χ0v) is 12.1. The molecule has 7 heteroatoms. The van der Waals surface area contributed by atoms with E-state index in [1.807, 2.05) is 19.9 Å². The molecule has 1 aromatic heterocycles. The third-order valence-corrected chi connectivity index (χ3v) is 2.86. The van der Waals surface area contributed by atoms with Crippen LogP contribution in [0, 0.1) is 6.07 Å². The van der Waals surface area contributed by atoms with E-state index in [4.69, 9.17) is 0 Å². The molecule has 2 aromatic rings. The molecule has 117 valence electrons. The Morgan fingerprint density at radius 2 is 1.86 bits per heavy atom. The van der Waals surface area contributed by atoms with E-state index in [1.165, 1.54) is 24.5 Å². The van der Waals surface area contributed by atoms with Gasteiger partial charge in [-0.05, 0) is 29.2 Å². The van der Waals surface area contributed by atoms with Gasteiger partial charge in [0.2, 0.25) is 5.95 Å². The second-order valence-corrected chi connectivity index (χ2v) is 4.97. The van der Waals surface area contributed by atoms with Gasteiger partial charge in [0.15, 0.2) is 0 Å². The van der Waals surface area contributed by atoms with E-state index in [1.54, 1.807) is 0 Å². The number of benzene rings is 1. The highest BCUT2D eigenvalue weighted by Gasteiger charge is 2.31. The molecule has 2 rings (SSSR count). The maximum absolute atomic E-state index is 12.4. The Morgan fingerprint density at radius 1 is 1.18 bits per heavy atom. The average Bonchev–Trinajstić information content (AvgIpc) is 2.44. The maximum atomic E-state index is 12.4. The number of hydrogen-bond acceptors (Lipinski definition) is 4. The van der Waals surface area contributed by atoms with Crippen molar-refractivity contribution in [3.63, 3.8) is 0 Å². The first-order valence-corrected chi connectivity index (χ1v) is 6.65. The minimum atomic E-state index is -4.71. The molecular formula is C15H15F3N3O. The average molecular weight is 310 g/mol. The van der Waals surface area contributed by atoms with Crippen molar-refractivity contribution >= 4 is 5.95 Å². The second kappa shape index (κ2) is 6.64. The lowest BCUT2D eigenvalue weighted by molar-refractivity contribution is -0.274. The van der Waals surface area contributed by atoms with Crippen LogP contribution < -0.4 is 10.1 Å². The van der Waals surface area contributed by atoms with Crippen LogP contribution >= 0.6 is 0 Å². The van der Waals surface area contributed by atoms with Crippen molar-refractivity contribution in [3.05, 3.63) is 47.8 Å². The monoisotopic (exact) mass is 310 g/mol. The Labute approximate surface area is 126 Å². The summed E-state index contributed by atoms with van der Waals surface area (Å²) in [5, 5.41) is 2.94. The Kier molecular flexibility index (Phi) is 4.85. The van der Waals surface area contributed by atoms with Crippen LogP contribution in [0.1, 0.15) is 30.9 Å². The second-order valence-electron chi connectivity index (χ2n) is 4.97. The zero-order chi connectivity index (χ0) is 16.2.